The van der Waals surface area contributed by atoms with Gasteiger partial charge in [-0.2, -0.15) is 4.98 Å². The standard InChI is InChI=1S/C16H20N2O4/c1-3-20-13-6-5-11(9-14(13)21-4-2)16-17-15(18-22-16)12-7-8-19-10-12/h5-6,9,12H,3-4,7-8,10H2,1-2H3. The molecule has 2 aromatic rings. The molecule has 1 saturated heterocycles. The Kier molecular flexibility index (Phi) is 4.58. The van der Waals surface area contributed by atoms with Gasteiger partial charge in [-0.15, -0.1) is 0 Å². The zero-order chi connectivity index (χ0) is 15.4. The van der Waals surface area contributed by atoms with Crippen molar-refractivity contribution in [3.8, 4) is 23.0 Å². The van der Waals surface area contributed by atoms with Crippen molar-refractivity contribution in [2.24, 2.45) is 0 Å². The molecule has 6 heteroatoms. The second-order valence-corrected chi connectivity index (χ2v) is 5.05. The minimum Gasteiger partial charge on any atom is -0.490 e. The lowest BCUT2D eigenvalue weighted by Gasteiger charge is -2.11. The molecule has 1 fully saturated rings. The summed E-state index contributed by atoms with van der Waals surface area (Å²) in [6.07, 6.45) is 0.937. The van der Waals surface area contributed by atoms with Crippen LogP contribution in [-0.4, -0.2) is 36.6 Å². The largest absolute Gasteiger partial charge is 0.490 e. The first kappa shape index (κ1) is 14.8. The second-order valence-electron chi connectivity index (χ2n) is 5.05. The number of hydrogen-bond donors (Lipinski definition) is 0. The highest BCUT2D eigenvalue weighted by atomic mass is 16.5. The molecule has 118 valence electrons. The van der Waals surface area contributed by atoms with E-state index in [4.69, 9.17) is 18.7 Å². The van der Waals surface area contributed by atoms with Crippen LogP contribution < -0.4 is 9.47 Å². The summed E-state index contributed by atoms with van der Waals surface area (Å²) < 4.78 is 21.9. The van der Waals surface area contributed by atoms with E-state index in [1.165, 1.54) is 0 Å². The van der Waals surface area contributed by atoms with Crippen molar-refractivity contribution in [1.82, 2.24) is 10.1 Å². The van der Waals surface area contributed by atoms with E-state index in [1.807, 2.05) is 32.0 Å². The SMILES string of the molecule is CCOc1ccc(-c2nc(C3CCOC3)no2)cc1OCC. The Morgan fingerprint density at radius 3 is 2.73 bits per heavy atom. The van der Waals surface area contributed by atoms with Gasteiger partial charge in [0.1, 0.15) is 0 Å². The summed E-state index contributed by atoms with van der Waals surface area (Å²) in [5, 5.41) is 4.07. The molecular formula is C16H20N2O4. The van der Waals surface area contributed by atoms with Crippen LogP contribution in [0.4, 0.5) is 0 Å². The highest BCUT2D eigenvalue weighted by molar-refractivity contribution is 5.59. The molecule has 3 rings (SSSR count). The maximum Gasteiger partial charge on any atom is 0.258 e. The average Bonchev–Trinajstić information content (AvgIpc) is 3.20. The summed E-state index contributed by atoms with van der Waals surface area (Å²) in [4.78, 5) is 4.49. The van der Waals surface area contributed by atoms with Crippen molar-refractivity contribution in [3.05, 3.63) is 24.0 Å². The Bertz CT molecular complexity index is 620. The van der Waals surface area contributed by atoms with Crippen LogP contribution in [-0.2, 0) is 4.74 Å². The number of aromatic nitrogens is 2. The number of benzene rings is 1. The van der Waals surface area contributed by atoms with Gasteiger partial charge in [0.05, 0.1) is 19.8 Å². The van der Waals surface area contributed by atoms with Crippen LogP contribution in [0.25, 0.3) is 11.5 Å². The molecule has 1 aromatic heterocycles. The molecule has 1 aliphatic heterocycles. The summed E-state index contributed by atoms with van der Waals surface area (Å²) in [6, 6.07) is 5.64. The minimum absolute atomic E-state index is 0.228. The third-order valence-electron chi connectivity index (χ3n) is 3.53. The van der Waals surface area contributed by atoms with Crippen LogP contribution in [0.1, 0.15) is 32.0 Å². The molecule has 0 aliphatic carbocycles. The first-order valence-electron chi connectivity index (χ1n) is 7.63. The van der Waals surface area contributed by atoms with E-state index in [1.54, 1.807) is 0 Å². The molecule has 1 unspecified atom stereocenters. The van der Waals surface area contributed by atoms with E-state index < -0.39 is 0 Å². The van der Waals surface area contributed by atoms with Gasteiger partial charge in [-0.1, -0.05) is 5.16 Å². The third-order valence-corrected chi connectivity index (χ3v) is 3.53. The van der Waals surface area contributed by atoms with E-state index >= 15 is 0 Å². The Balaban J connectivity index is 1.85. The molecule has 0 bridgehead atoms. The van der Waals surface area contributed by atoms with Crippen molar-refractivity contribution < 1.29 is 18.7 Å². The molecule has 0 radical (unpaired) electrons. The van der Waals surface area contributed by atoms with Crippen LogP contribution in [0.3, 0.4) is 0 Å². The average molecular weight is 304 g/mol. The fourth-order valence-electron chi connectivity index (χ4n) is 2.44. The zero-order valence-corrected chi connectivity index (χ0v) is 12.9. The van der Waals surface area contributed by atoms with Crippen LogP contribution in [0.15, 0.2) is 22.7 Å². The fraction of sp³-hybridized carbons (Fsp3) is 0.500. The molecule has 0 N–H and O–H groups in total. The van der Waals surface area contributed by atoms with Crippen molar-refractivity contribution in [1.29, 1.82) is 0 Å². The number of hydrogen-bond acceptors (Lipinski definition) is 6. The van der Waals surface area contributed by atoms with E-state index in [0.29, 0.717) is 37.3 Å². The predicted octanol–water partition coefficient (Wildman–Crippen LogP) is 3.04. The third kappa shape index (κ3) is 3.06. The highest BCUT2D eigenvalue weighted by Gasteiger charge is 2.23. The summed E-state index contributed by atoms with van der Waals surface area (Å²) in [7, 11) is 0. The van der Waals surface area contributed by atoms with Crippen molar-refractivity contribution in [3.63, 3.8) is 0 Å². The summed E-state index contributed by atoms with van der Waals surface area (Å²) >= 11 is 0. The molecule has 0 amide bonds. The Morgan fingerprint density at radius 2 is 2.00 bits per heavy atom. The van der Waals surface area contributed by atoms with Gasteiger partial charge >= 0.3 is 0 Å². The van der Waals surface area contributed by atoms with Gasteiger partial charge in [0.2, 0.25) is 0 Å². The van der Waals surface area contributed by atoms with Crippen molar-refractivity contribution in [2.45, 2.75) is 26.2 Å². The predicted molar refractivity (Wildman–Crippen MR) is 80.2 cm³/mol. The lowest BCUT2D eigenvalue weighted by atomic mass is 10.1. The van der Waals surface area contributed by atoms with E-state index in [-0.39, 0.29) is 5.92 Å². The van der Waals surface area contributed by atoms with Crippen LogP contribution >= 0.6 is 0 Å². The van der Waals surface area contributed by atoms with E-state index in [9.17, 15) is 0 Å². The van der Waals surface area contributed by atoms with Crippen molar-refractivity contribution >= 4 is 0 Å². The van der Waals surface area contributed by atoms with Gasteiger partial charge in [-0.3, -0.25) is 0 Å². The Morgan fingerprint density at radius 1 is 1.18 bits per heavy atom. The topological polar surface area (TPSA) is 66.6 Å². The lowest BCUT2D eigenvalue weighted by Crippen LogP contribution is -2.00. The van der Waals surface area contributed by atoms with Gasteiger partial charge in [0.25, 0.3) is 5.89 Å². The molecule has 6 nitrogen and oxygen atoms in total. The molecule has 0 saturated carbocycles. The second kappa shape index (κ2) is 6.79. The number of rotatable bonds is 6. The summed E-state index contributed by atoms with van der Waals surface area (Å²) in [5.41, 5.74) is 0.824. The Hall–Kier alpha value is -2.08. The monoisotopic (exact) mass is 304 g/mol. The molecule has 1 atom stereocenters. The number of ether oxygens (including phenoxy) is 3. The molecule has 22 heavy (non-hydrogen) atoms. The van der Waals surface area contributed by atoms with Gasteiger partial charge in [0.15, 0.2) is 17.3 Å². The maximum absolute atomic E-state index is 5.62. The summed E-state index contributed by atoms with van der Waals surface area (Å²) in [5.74, 6) is 2.83. The smallest absolute Gasteiger partial charge is 0.258 e. The Labute approximate surface area is 129 Å². The molecule has 1 aromatic carbocycles. The van der Waals surface area contributed by atoms with E-state index in [2.05, 4.69) is 10.1 Å². The minimum atomic E-state index is 0.228. The first-order valence-corrected chi connectivity index (χ1v) is 7.63. The van der Waals surface area contributed by atoms with Gasteiger partial charge < -0.3 is 18.7 Å². The highest BCUT2D eigenvalue weighted by Crippen LogP contribution is 2.33. The van der Waals surface area contributed by atoms with Crippen LogP contribution in [0, 0.1) is 0 Å². The normalized spacial score (nSPS) is 17.6. The van der Waals surface area contributed by atoms with Crippen LogP contribution in [0.2, 0.25) is 0 Å². The van der Waals surface area contributed by atoms with Crippen molar-refractivity contribution in [2.75, 3.05) is 26.4 Å². The molecule has 2 heterocycles. The quantitative estimate of drug-likeness (QED) is 0.817. The fourth-order valence-corrected chi connectivity index (χ4v) is 2.44. The maximum atomic E-state index is 5.62. The van der Waals surface area contributed by atoms with Crippen LogP contribution in [0.5, 0.6) is 11.5 Å². The molecule has 1 aliphatic rings. The molecular weight excluding hydrogens is 284 g/mol. The first-order chi connectivity index (χ1) is 10.8. The zero-order valence-electron chi connectivity index (χ0n) is 12.9. The number of nitrogens with zero attached hydrogens (tertiary/aromatic N) is 2. The van der Waals surface area contributed by atoms with Gasteiger partial charge in [0, 0.05) is 18.1 Å². The summed E-state index contributed by atoms with van der Waals surface area (Å²) in [6.45, 7) is 6.45. The lowest BCUT2D eigenvalue weighted by molar-refractivity contribution is 0.192. The van der Waals surface area contributed by atoms with E-state index in [0.717, 1.165) is 24.3 Å². The van der Waals surface area contributed by atoms with Gasteiger partial charge in [-0.05, 0) is 38.5 Å². The molecule has 0 spiro atoms. The van der Waals surface area contributed by atoms with Gasteiger partial charge in [-0.25, -0.2) is 0 Å².